The zero-order valence-electron chi connectivity index (χ0n) is 18.0. The van der Waals surface area contributed by atoms with Crippen LogP contribution in [0.1, 0.15) is 34.7 Å². The minimum atomic E-state index is 0.0873. The molecule has 0 amide bonds. The van der Waals surface area contributed by atoms with E-state index >= 15 is 0 Å². The van der Waals surface area contributed by atoms with Gasteiger partial charge in [0.05, 0.1) is 13.2 Å². The smallest absolute Gasteiger partial charge is 0.120 e. The summed E-state index contributed by atoms with van der Waals surface area (Å²) in [4.78, 5) is 2.45. The van der Waals surface area contributed by atoms with E-state index in [-0.39, 0.29) is 6.04 Å². The molecule has 4 heteroatoms. The van der Waals surface area contributed by atoms with Crippen LogP contribution in [-0.4, -0.2) is 36.3 Å². The van der Waals surface area contributed by atoms with Crippen LogP contribution in [0.5, 0.6) is 5.75 Å². The fourth-order valence-electron chi connectivity index (χ4n) is 4.20. The minimum Gasteiger partial charge on any atom is -0.508 e. The van der Waals surface area contributed by atoms with Gasteiger partial charge in [-0.15, -0.1) is 0 Å². The van der Waals surface area contributed by atoms with Crippen LogP contribution in [0.25, 0.3) is 0 Å². The fraction of sp³-hybridized carbons (Fsp3) is 0.333. The Morgan fingerprint density at radius 2 is 1.55 bits per heavy atom. The van der Waals surface area contributed by atoms with Crippen molar-refractivity contribution in [2.45, 2.75) is 32.0 Å². The van der Waals surface area contributed by atoms with Crippen LogP contribution in [-0.2, 0) is 24.2 Å². The molecule has 0 spiro atoms. The van der Waals surface area contributed by atoms with Crippen molar-refractivity contribution in [3.05, 3.63) is 101 Å². The molecule has 0 bridgehead atoms. The molecule has 0 radical (unpaired) electrons. The second-order valence-electron chi connectivity index (χ2n) is 8.23. The lowest BCUT2D eigenvalue weighted by Crippen LogP contribution is -2.35. The topological polar surface area (TPSA) is 44.7 Å². The van der Waals surface area contributed by atoms with Crippen LogP contribution in [0.15, 0.2) is 78.9 Å². The van der Waals surface area contributed by atoms with Gasteiger partial charge in [0.2, 0.25) is 0 Å². The highest BCUT2D eigenvalue weighted by molar-refractivity contribution is 5.35. The number of phenols is 1. The highest BCUT2D eigenvalue weighted by atomic mass is 16.5. The average Bonchev–Trinajstić information content (AvgIpc) is 2.81. The molecule has 0 aliphatic carbocycles. The van der Waals surface area contributed by atoms with Crippen molar-refractivity contribution >= 4 is 0 Å². The Morgan fingerprint density at radius 3 is 2.35 bits per heavy atom. The van der Waals surface area contributed by atoms with E-state index in [1.165, 1.54) is 16.7 Å². The van der Waals surface area contributed by atoms with E-state index in [1.54, 1.807) is 6.07 Å². The molecule has 3 aromatic carbocycles. The van der Waals surface area contributed by atoms with E-state index in [0.29, 0.717) is 5.75 Å². The summed E-state index contributed by atoms with van der Waals surface area (Å²) in [7, 11) is 0. The third-order valence-corrected chi connectivity index (χ3v) is 5.93. The van der Waals surface area contributed by atoms with Crippen molar-refractivity contribution in [2.75, 3.05) is 26.3 Å². The maximum absolute atomic E-state index is 10.4. The Kier molecular flexibility index (Phi) is 7.72. The summed E-state index contributed by atoms with van der Waals surface area (Å²) < 4.78 is 5.46. The lowest BCUT2D eigenvalue weighted by atomic mass is 9.97. The number of rotatable bonds is 9. The molecular weight excluding hydrogens is 384 g/mol. The largest absolute Gasteiger partial charge is 0.508 e. The van der Waals surface area contributed by atoms with Crippen LogP contribution in [0.2, 0.25) is 0 Å². The molecule has 0 aromatic heterocycles. The number of nitrogens with zero attached hydrogens (tertiary/aromatic N) is 1. The molecule has 1 aliphatic heterocycles. The Hall–Kier alpha value is -2.66. The standard InChI is InChI=1S/C27H32N2O2/c30-27-12-5-4-11-25(27)26(14-13-22-7-2-1-3-8-22)28-20-23-9-6-10-24(19-23)21-29-15-17-31-18-16-29/h1-12,19,26,28,30H,13-18,20-21H2. The fourth-order valence-corrected chi connectivity index (χ4v) is 4.20. The first kappa shape index (κ1) is 21.6. The number of nitrogens with one attached hydrogen (secondary N) is 1. The predicted molar refractivity (Wildman–Crippen MR) is 125 cm³/mol. The molecule has 4 nitrogen and oxygen atoms in total. The molecule has 3 aromatic rings. The molecule has 1 atom stereocenters. The van der Waals surface area contributed by atoms with Crippen LogP contribution in [0.3, 0.4) is 0 Å². The number of phenolic OH excluding ortho intramolecular Hbond substituents is 1. The van der Waals surface area contributed by atoms with Gasteiger partial charge in [-0.25, -0.2) is 0 Å². The summed E-state index contributed by atoms with van der Waals surface area (Å²) in [5.41, 5.74) is 4.88. The second kappa shape index (κ2) is 11.1. The zero-order chi connectivity index (χ0) is 21.3. The molecule has 1 saturated heterocycles. The summed E-state index contributed by atoms with van der Waals surface area (Å²) in [6, 6.07) is 27.1. The molecule has 162 valence electrons. The van der Waals surface area contributed by atoms with Crippen LogP contribution in [0, 0.1) is 0 Å². The highest BCUT2D eigenvalue weighted by Gasteiger charge is 2.15. The highest BCUT2D eigenvalue weighted by Crippen LogP contribution is 2.27. The van der Waals surface area contributed by atoms with Gasteiger partial charge in [0.15, 0.2) is 0 Å². The quantitative estimate of drug-likeness (QED) is 0.531. The Balaban J connectivity index is 1.42. The van der Waals surface area contributed by atoms with Gasteiger partial charge in [-0.2, -0.15) is 0 Å². The summed E-state index contributed by atoms with van der Waals surface area (Å²) in [6.07, 6.45) is 1.89. The van der Waals surface area contributed by atoms with E-state index < -0.39 is 0 Å². The predicted octanol–water partition coefficient (Wildman–Crippen LogP) is 4.69. The number of aromatic hydroxyl groups is 1. The molecule has 0 saturated carbocycles. The summed E-state index contributed by atoms with van der Waals surface area (Å²) in [5, 5.41) is 14.1. The molecular formula is C27H32N2O2. The number of para-hydroxylation sites is 1. The van der Waals surface area contributed by atoms with E-state index in [2.05, 4.69) is 58.7 Å². The van der Waals surface area contributed by atoms with Gasteiger partial charge in [0.1, 0.15) is 5.75 Å². The first-order valence-corrected chi connectivity index (χ1v) is 11.2. The van der Waals surface area contributed by atoms with Gasteiger partial charge >= 0.3 is 0 Å². The molecule has 1 heterocycles. The van der Waals surface area contributed by atoms with Crippen molar-refractivity contribution in [3.8, 4) is 5.75 Å². The molecule has 2 N–H and O–H groups in total. The van der Waals surface area contributed by atoms with Crippen molar-refractivity contribution in [1.29, 1.82) is 0 Å². The second-order valence-corrected chi connectivity index (χ2v) is 8.23. The van der Waals surface area contributed by atoms with Crippen LogP contribution >= 0.6 is 0 Å². The van der Waals surface area contributed by atoms with Crippen LogP contribution < -0.4 is 5.32 Å². The van der Waals surface area contributed by atoms with Crippen molar-refractivity contribution in [3.63, 3.8) is 0 Å². The van der Waals surface area contributed by atoms with Gasteiger partial charge < -0.3 is 15.2 Å². The maximum atomic E-state index is 10.4. The number of hydrogen-bond donors (Lipinski definition) is 2. The van der Waals surface area contributed by atoms with Gasteiger partial charge in [-0.1, -0.05) is 72.8 Å². The maximum Gasteiger partial charge on any atom is 0.120 e. The first-order chi connectivity index (χ1) is 15.3. The summed E-state index contributed by atoms with van der Waals surface area (Å²) in [5.74, 6) is 0.356. The van der Waals surface area contributed by atoms with Crippen LogP contribution in [0.4, 0.5) is 0 Å². The van der Waals surface area contributed by atoms with E-state index in [9.17, 15) is 5.11 Å². The Morgan fingerprint density at radius 1 is 0.839 bits per heavy atom. The molecule has 31 heavy (non-hydrogen) atoms. The van der Waals surface area contributed by atoms with Gasteiger partial charge in [-0.05, 0) is 35.6 Å². The Bertz CT molecular complexity index is 939. The van der Waals surface area contributed by atoms with Gasteiger partial charge in [0, 0.05) is 37.8 Å². The first-order valence-electron chi connectivity index (χ1n) is 11.2. The SMILES string of the molecule is Oc1ccccc1C(CCc1ccccc1)NCc1cccc(CN2CCOCC2)c1. The third kappa shape index (κ3) is 6.41. The normalized spacial score (nSPS) is 15.6. The monoisotopic (exact) mass is 416 g/mol. The van der Waals surface area contributed by atoms with E-state index in [1.807, 2.05) is 24.3 Å². The lowest BCUT2D eigenvalue weighted by molar-refractivity contribution is 0.0342. The summed E-state index contributed by atoms with van der Waals surface area (Å²) >= 11 is 0. The number of morpholine rings is 1. The molecule has 1 fully saturated rings. The van der Waals surface area contributed by atoms with Gasteiger partial charge in [-0.3, -0.25) is 4.90 Å². The van der Waals surface area contributed by atoms with E-state index in [4.69, 9.17) is 4.74 Å². The molecule has 4 rings (SSSR count). The van der Waals surface area contributed by atoms with Crippen molar-refractivity contribution in [2.24, 2.45) is 0 Å². The third-order valence-electron chi connectivity index (χ3n) is 5.93. The lowest BCUT2D eigenvalue weighted by Gasteiger charge is -2.26. The van der Waals surface area contributed by atoms with Gasteiger partial charge in [0.25, 0.3) is 0 Å². The number of ether oxygens (including phenoxy) is 1. The van der Waals surface area contributed by atoms with Crippen molar-refractivity contribution in [1.82, 2.24) is 10.2 Å². The van der Waals surface area contributed by atoms with E-state index in [0.717, 1.165) is 57.8 Å². The zero-order valence-corrected chi connectivity index (χ0v) is 18.0. The molecule has 1 unspecified atom stereocenters. The van der Waals surface area contributed by atoms with Crippen molar-refractivity contribution < 1.29 is 9.84 Å². The number of hydrogen-bond acceptors (Lipinski definition) is 4. The number of benzene rings is 3. The summed E-state index contributed by atoms with van der Waals surface area (Å²) in [6.45, 7) is 5.38. The minimum absolute atomic E-state index is 0.0873. The number of aryl methyl sites for hydroxylation is 1. The molecule has 1 aliphatic rings. The Labute approximate surface area is 185 Å². The average molecular weight is 417 g/mol.